The summed E-state index contributed by atoms with van der Waals surface area (Å²) in [6.07, 6.45) is 8.20. The lowest BCUT2D eigenvalue weighted by molar-refractivity contribution is -0.116. The summed E-state index contributed by atoms with van der Waals surface area (Å²) >= 11 is 5.77. The maximum absolute atomic E-state index is 14.0. The third-order valence-corrected chi connectivity index (χ3v) is 7.78. The Bertz CT molecular complexity index is 1420. The molecule has 2 aromatic rings. The predicted molar refractivity (Wildman–Crippen MR) is 161 cm³/mol. The quantitative estimate of drug-likeness (QED) is 0.159. The Labute approximate surface area is 246 Å². The molecule has 0 saturated heterocycles. The van der Waals surface area contributed by atoms with Gasteiger partial charge in [-0.25, -0.2) is 8.42 Å². The van der Waals surface area contributed by atoms with E-state index in [1.807, 2.05) is 12.2 Å². The minimum absolute atomic E-state index is 0.0314. The molecule has 1 heterocycles. The van der Waals surface area contributed by atoms with Gasteiger partial charge in [0, 0.05) is 18.6 Å². The number of unbranched alkanes of at least 4 members (excludes halogenated alkanes) is 2. The third-order valence-electron chi connectivity index (χ3n) is 6.59. The zero-order chi connectivity index (χ0) is 30.2. The highest BCUT2D eigenvalue weighted by Gasteiger charge is 2.44. The van der Waals surface area contributed by atoms with Crippen molar-refractivity contribution in [3.8, 4) is 11.5 Å². The normalized spacial score (nSPS) is 13.9. The highest BCUT2D eigenvalue weighted by atomic mass is 35.5. The van der Waals surface area contributed by atoms with Crippen LogP contribution in [0.15, 0.2) is 36.4 Å². The monoisotopic (exact) mass is 604 g/mol. The minimum Gasteiger partial charge on any atom is -0.493 e. The van der Waals surface area contributed by atoms with Crippen molar-refractivity contribution in [2.24, 2.45) is 0 Å². The molecule has 0 unspecified atom stereocenters. The molecule has 1 N–H and O–H groups in total. The number of sulfone groups is 1. The van der Waals surface area contributed by atoms with Crippen LogP contribution in [0.3, 0.4) is 0 Å². The van der Waals surface area contributed by atoms with Gasteiger partial charge in [0.2, 0.25) is 5.91 Å². The van der Waals surface area contributed by atoms with Crippen LogP contribution in [0.25, 0.3) is 6.08 Å². The zero-order valence-corrected chi connectivity index (χ0v) is 25.4. The van der Waals surface area contributed by atoms with E-state index >= 15 is 0 Å². The lowest BCUT2D eigenvalue weighted by Gasteiger charge is -2.27. The van der Waals surface area contributed by atoms with E-state index in [4.69, 9.17) is 21.1 Å². The first kappa shape index (κ1) is 32.1. The summed E-state index contributed by atoms with van der Waals surface area (Å²) in [7, 11) is -2.18. The maximum atomic E-state index is 14.0. The van der Waals surface area contributed by atoms with Crippen molar-refractivity contribution in [2.45, 2.75) is 52.0 Å². The van der Waals surface area contributed by atoms with Crippen molar-refractivity contribution in [2.75, 3.05) is 36.9 Å². The number of rotatable bonds is 15. The Morgan fingerprint density at radius 1 is 1.10 bits per heavy atom. The first-order chi connectivity index (χ1) is 19.6. The number of methoxy groups -OCH3 is 1. The number of halogens is 1. The summed E-state index contributed by atoms with van der Waals surface area (Å²) in [5, 5.41) is 2.82. The summed E-state index contributed by atoms with van der Waals surface area (Å²) < 4.78 is 36.1. The average Bonchev–Trinajstić information content (AvgIpc) is 3.18. The van der Waals surface area contributed by atoms with Crippen molar-refractivity contribution < 1.29 is 32.3 Å². The van der Waals surface area contributed by atoms with Crippen molar-refractivity contribution in [1.29, 1.82) is 0 Å². The van der Waals surface area contributed by atoms with E-state index < -0.39 is 33.4 Å². The van der Waals surface area contributed by atoms with Gasteiger partial charge in [0.25, 0.3) is 11.8 Å². The molecule has 0 aliphatic carbocycles. The van der Waals surface area contributed by atoms with Gasteiger partial charge in [-0.05, 0) is 49.1 Å². The Hall–Kier alpha value is -3.37. The fraction of sp³-hybridized carbons (Fsp3) is 0.433. The van der Waals surface area contributed by atoms with Gasteiger partial charge >= 0.3 is 0 Å². The molecule has 9 nitrogen and oxygen atoms in total. The average molecular weight is 605 g/mol. The molecule has 0 bridgehead atoms. The zero-order valence-electron chi connectivity index (χ0n) is 23.9. The Morgan fingerprint density at radius 3 is 2.49 bits per heavy atom. The van der Waals surface area contributed by atoms with Gasteiger partial charge in [0.1, 0.15) is 9.84 Å². The van der Waals surface area contributed by atoms with Crippen LogP contribution in [-0.2, 0) is 14.6 Å². The molecule has 0 spiro atoms. The standard InChI is InChI=1S/C30H37ClN2O7S/c1-5-7-8-9-11-20-13-15-22-27(28(20)32-26(34)12-10-17-31)30(36)33(29(22)35)23(19-41(4,37)38)21-14-16-24(39-3)25(18-21)40-6-2/h9,11,13-16,18,23H,5-8,10,12,17,19H2,1-4H3,(H,32,34)/b11-9+/t23-/m1/s1. The van der Waals surface area contributed by atoms with Crippen LogP contribution in [0.1, 0.15) is 83.8 Å². The molecular weight excluding hydrogens is 568 g/mol. The van der Waals surface area contributed by atoms with Gasteiger partial charge < -0.3 is 14.8 Å². The van der Waals surface area contributed by atoms with E-state index in [1.165, 1.54) is 7.11 Å². The molecule has 0 saturated carbocycles. The van der Waals surface area contributed by atoms with E-state index in [0.717, 1.165) is 30.4 Å². The summed E-state index contributed by atoms with van der Waals surface area (Å²) in [6, 6.07) is 6.87. The second-order valence-corrected chi connectivity index (χ2v) is 12.3. The number of allylic oxidation sites excluding steroid dienone is 1. The Morgan fingerprint density at radius 2 is 1.85 bits per heavy atom. The van der Waals surface area contributed by atoms with Crippen molar-refractivity contribution in [3.63, 3.8) is 0 Å². The number of benzene rings is 2. The molecule has 2 aromatic carbocycles. The SMILES string of the molecule is CCCC/C=C/c1ccc2c(c1NC(=O)CCCCl)C(=O)N([C@H](CS(C)(=O)=O)c1ccc(OC)c(OCC)c1)C2=O. The van der Waals surface area contributed by atoms with Crippen molar-refractivity contribution in [3.05, 3.63) is 58.7 Å². The van der Waals surface area contributed by atoms with Crippen molar-refractivity contribution >= 4 is 50.9 Å². The first-order valence-electron chi connectivity index (χ1n) is 13.6. The number of alkyl halides is 1. The summed E-state index contributed by atoms with van der Waals surface area (Å²) in [5.41, 5.74) is 1.30. The Kier molecular flexibility index (Phi) is 11.4. The summed E-state index contributed by atoms with van der Waals surface area (Å²) in [6.45, 7) is 4.20. The molecule has 3 rings (SSSR count). The number of amides is 3. The second-order valence-electron chi connectivity index (χ2n) is 9.77. The molecule has 0 aromatic heterocycles. The lowest BCUT2D eigenvalue weighted by atomic mass is 10.0. The number of anilines is 1. The molecule has 0 radical (unpaired) electrons. The van der Waals surface area contributed by atoms with Gasteiger partial charge in [-0.1, -0.05) is 44.1 Å². The number of imide groups is 1. The number of hydrogen-bond donors (Lipinski definition) is 1. The number of hydrogen-bond acceptors (Lipinski definition) is 7. The van der Waals surface area contributed by atoms with E-state index in [1.54, 1.807) is 37.3 Å². The van der Waals surface area contributed by atoms with Gasteiger partial charge in [-0.15, -0.1) is 11.6 Å². The minimum atomic E-state index is -3.66. The molecule has 1 atom stereocenters. The third kappa shape index (κ3) is 7.89. The smallest absolute Gasteiger partial charge is 0.264 e. The predicted octanol–water partition coefficient (Wildman–Crippen LogP) is 5.64. The number of fused-ring (bicyclic) bond motifs is 1. The van der Waals surface area contributed by atoms with Crippen LogP contribution >= 0.6 is 11.6 Å². The number of nitrogens with one attached hydrogen (secondary N) is 1. The van der Waals surface area contributed by atoms with E-state index in [-0.39, 0.29) is 29.1 Å². The molecule has 0 fully saturated rings. The van der Waals surface area contributed by atoms with Crippen LogP contribution in [-0.4, -0.2) is 62.6 Å². The first-order valence-corrected chi connectivity index (χ1v) is 16.2. The van der Waals surface area contributed by atoms with Gasteiger partial charge in [0.05, 0.1) is 42.3 Å². The van der Waals surface area contributed by atoms with Gasteiger partial charge in [-0.2, -0.15) is 0 Å². The molecule has 1 aliphatic rings. The van der Waals surface area contributed by atoms with Crippen LogP contribution in [0.4, 0.5) is 5.69 Å². The molecule has 11 heteroatoms. The number of carbonyl (C=O) groups is 3. The number of carbonyl (C=O) groups excluding carboxylic acids is 3. The van der Waals surface area contributed by atoms with Crippen LogP contribution in [0, 0.1) is 0 Å². The highest BCUT2D eigenvalue weighted by Crippen LogP contribution is 2.40. The summed E-state index contributed by atoms with van der Waals surface area (Å²) in [4.78, 5) is 41.5. The molecule has 41 heavy (non-hydrogen) atoms. The van der Waals surface area contributed by atoms with Crippen LogP contribution in [0.2, 0.25) is 0 Å². The highest BCUT2D eigenvalue weighted by molar-refractivity contribution is 7.90. The molecular formula is C30H37ClN2O7S. The lowest BCUT2D eigenvalue weighted by Crippen LogP contribution is -2.37. The van der Waals surface area contributed by atoms with E-state index in [9.17, 15) is 22.8 Å². The maximum Gasteiger partial charge on any atom is 0.264 e. The fourth-order valence-electron chi connectivity index (χ4n) is 4.66. The largest absolute Gasteiger partial charge is 0.493 e. The second kappa shape index (κ2) is 14.5. The van der Waals surface area contributed by atoms with Crippen molar-refractivity contribution in [1.82, 2.24) is 4.90 Å². The Balaban J connectivity index is 2.14. The van der Waals surface area contributed by atoms with Gasteiger partial charge in [0.15, 0.2) is 11.5 Å². The molecule has 3 amide bonds. The van der Waals surface area contributed by atoms with E-state index in [2.05, 4.69) is 12.2 Å². The topological polar surface area (TPSA) is 119 Å². The number of nitrogens with zero attached hydrogens (tertiary/aromatic N) is 1. The van der Waals surface area contributed by atoms with E-state index in [0.29, 0.717) is 41.5 Å². The molecule has 222 valence electrons. The fourth-order valence-corrected chi connectivity index (χ4v) is 5.70. The van der Waals surface area contributed by atoms with Crippen LogP contribution in [0.5, 0.6) is 11.5 Å². The van der Waals surface area contributed by atoms with Crippen LogP contribution < -0.4 is 14.8 Å². The molecule has 1 aliphatic heterocycles. The number of ether oxygens (including phenoxy) is 2. The summed E-state index contributed by atoms with van der Waals surface area (Å²) in [5.74, 6) is -1.10. The van der Waals surface area contributed by atoms with Gasteiger partial charge in [-0.3, -0.25) is 19.3 Å².